The van der Waals surface area contributed by atoms with Crippen LogP contribution in [0.4, 0.5) is 4.79 Å². The molecule has 1 amide bonds. The van der Waals surface area contributed by atoms with Crippen LogP contribution in [0.1, 0.15) is 32.6 Å². The number of cyclic esters (lactones) is 1. The van der Waals surface area contributed by atoms with Crippen LogP contribution in [0.5, 0.6) is 0 Å². The molecule has 1 spiro atoms. The van der Waals surface area contributed by atoms with Crippen molar-refractivity contribution in [2.24, 2.45) is 5.41 Å². The van der Waals surface area contributed by atoms with Crippen molar-refractivity contribution in [2.75, 3.05) is 32.8 Å². The second-order valence-electron chi connectivity index (χ2n) is 6.46. The van der Waals surface area contributed by atoms with Crippen LogP contribution >= 0.6 is 12.4 Å². The topological polar surface area (TPSA) is 67.9 Å². The molecule has 3 rings (SSSR count). The summed E-state index contributed by atoms with van der Waals surface area (Å²) < 4.78 is 10.2. The number of hydrogen-bond donors (Lipinski definition) is 1. The molecule has 0 aromatic rings. The minimum Gasteiger partial charge on any atom is -0.430 e. The Bertz CT molecular complexity index is 415. The zero-order valence-electron chi connectivity index (χ0n) is 12.4. The third-order valence-electron chi connectivity index (χ3n) is 4.83. The van der Waals surface area contributed by atoms with E-state index in [-0.39, 0.29) is 23.7 Å². The molecule has 1 N–H and O–H groups in total. The average Bonchev–Trinajstić information content (AvgIpc) is 2.81. The molecule has 3 fully saturated rings. The number of piperidine rings is 2. The van der Waals surface area contributed by atoms with Crippen molar-refractivity contribution in [3.05, 3.63) is 0 Å². The molecule has 1 atom stereocenters. The minimum absolute atomic E-state index is 0. The fourth-order valence-electron chi connectivity index (χ4n) is 3.41. The zero-order valence-corrected chi connectivity index (χ0v) is 13.2. The summed E-state index contributed by atoms with van der Waals surface area (Å²) in [4.78, 5) is 25.7. The lowest BCUT2D eigenvalue weighted by Gasteiger charge is -2.42. The molecule has 0 aromatic heterocycles. The number of halogens is 1. The fraction of sp³-hybridized carbons (Fsp3) is 0.857. The van der Waals surface area contributed by atoms with Crippen molar-refractivity contribution < 1.29 is 19.1 Å². The van der Waals surface area contributed by atoms with E-state index in [1.54, 1.807) is 0 Å². The normalized spacial score (nSPS) is 31.3. The number of carbonyl (C=O) groups is 2. The van der Waals surface area contributed by atoms with E-state index in [2.05, 4.69) is 5.32 Å². The number of ether oxygens (including phenoxy) is 2. The van der Waals surface area contributed by atoms with E-state index < -0.39 is 11.8 Å². The predicted octanol–water partition coefficient (Wildman–Crippen LogP) is 1.33. The maximum atomic E-state index is 12.7. The first-order chi connectivity index (χ1) is 9.53. The summed E-state index contributed by atoms with van der Waals surface area (Å²) in [6.07, 6.45) is 2.76. The first-order valence-electron chi connectivity index (χ1n) is 7.39. The molecule has 120 valence electrons. The van der Waals surface area contributed by atoms with Crippen LogP contribution in [0.2, 0.25) is 0 Å². The van der Waals surface area contributed by atoms with Crippen LogP contribution in [0.3, 0.4) is 0 Å². The lowest BCUT2D eigenvalue weighted by Crippen LogP contribution is -2.55. The van der Waals surface area contributed by atoms with Gasteiger partial charge in [-0.1, -0.05) is 0 Å². The molecule has 3 aliphatic rings. The van der Waals surface area contributed by atoms with Gasteiger partial charge in [0.05, 0.1) is 5.41 Å². The standard InChI is InChI=1S/C14H22N2O4.ClH/c1-13(3-2-6-15-9-13)11(17)16-7-4-14(5-8-16)10-19-12(18)20-14;/h15H,2-10H2,1H3;1H. The SMILES string of the molecule is CC1(C(=O)N2CCC3(CC2)COC(=O)O3)CCCNC1.Cl. The minimum atomic E-state index is -0.576. The molecular weight excluding hydrogens is 296 g/mol. The molecule has 0 saturated carbocycles. The van der Waals surface area contributed by atoms with Crippen molar-refractivity contribution >= 4 is 24.5 Å². The van der Waals surface area contributed by atoms with Gasteiger partial charge in [-0.15, -0.1) is 12.4 Å². The molecule has 0 radical (unpaired) electrons. The first kappa shape index (κ1) is 16.4. The number of nitrogens with zero attached hydrogens (tertiary/aromatic N) is 1. The van der Waals surface area contributed by atoms with Crippen LogP contribution in [0.15, 0.2) is 0 Å². The van der Waals surface area contributed by atoms with Gasteiger partial charge in [0.25, 0.3) is 0 Å². The van der Waals surface area contributed by atoms with Crippen molar-refractivity contribution in [1.82, 2.24) is 10.2 Å². The van der Waals surface area contributed by atoms with Crippen LogP contribution in [-0.4, -0.2) is 55.3 Å². The van der Waals surface area contributed by atoms with E-state index in [4.69, 9.17) is 9.47 Å². The molecule has 0 aliphatic carbocycles. The number of likely N-dealkylation sites (tertiary alicyclic amines) is 1. The molecule has 7 heteroatoms. The van der Waals surface area contributed by atoms with E-state index in [1.165, 1.54) is 0 Å². The summed E-state index contributed by atoms with van der Waals surface area (Å²) in [6.45, 7) is 5.41. The van der Waals surface area contributed by atoms with Gasteiger partial charge in [0.2, 0.25) is 5.91 Å². The summed E-state index contributed by atoms with van der Waals surface area (Å²) in [6, 6.07) is 0. The van der Waals surface area contributed by atoms with E-state index in [9.17, 15) is 9.59 Å². The third kappa shape index (κ3) is 3.11. The summed E-state index contributed by atoms with van der Waals surface area (Å²) >= 11 is 0. The van der Waals surface area contributed by atoms with Gasteiger partial charge in [0.1, 0.15) is 6.61 Å². The van der Waals surface area contributed by atoms with Gasteiger partial charge in [0, 0.05) is 32.5 Å². The van der Waals surface area contributed by atoms with Gasteiger partial charge in [-0.05, 0) is 26.3 Å². The second kappa shape index (κ2) is 6.01. The smallest absolute Gasteiger partial charge is 0.430 e. The molecule has 1 unspecified atom stereocenters. The Balaban J connectivity index is 0.00000161. The van der Waals surface area contributed by atoms with Crippen LogP contribution < -0.4 is 5.32 Å². The highest BCUT2D eigenvalue weighted by Gasteiger charge is 2.47. The molecule has 6 nitrogen and oxygen atoms in total. The van der Waals surface area contributed by atoms with E-state index in [1.807, 2.05) is 11.8 Å². The predicted molar refractivity (Wildman–Crippen MR) is 78.4 cm³/mol. The molecule has 3 heterocycles. The molecule has 3 saturated heterocycles. The van der Waals surface area contributed by atoms with Gasteiger partial charge in [-0.2, -0.15) is 0 Å². The number of hydrogen-bond acceptors (Lipinski definition) is 5. The lowest BCUT2D eigenvalue weighted by molar-refractivity contribution is -0.145. The quantitative estimate of drug-likeness (QED) is 0.739. The number of carbonyl (C=O) groups excluding carboxylic acids is 2. The highest BCUT2D eigenvalue weighted by Crippen LogP contribution is 2.34. The van der Waals surface area contributed by atoms with Gasteiger partial charge in [-0.3, -0.25) is 4.79 Å². The number of amides is 1. The number of rotatable bonds is 1. The average molecular weight is 319 g/mol. The highest BCUT2D eigenvalue weighted by molar-refractivity contribution is 5.85. The first-order valence-corrected chi connectivity index (χ1v) is 7.39. The van der Waals surface area contributed by atoms with E-state index in [0.717, 1.165) is 25.9 Å². The van der Waals surface area contributed by atoms with Crippen molar-refractivity contribution in [2.45, 2.75) is 38.2 Å². The molecule has 0 aromatic carbocycles. The van der Waals surface area contributed by atoms with Gasteiger partial charge >= 0.3 is 6.16 Å². The van der Waals surface area contributed by atoms with Crippen LogP contribution in [0.25, 0.3) is 0 Å². The van der Waals surface area contributed by atoms with Crippen molar-refractivity contribution in [3.8, 4) is 0 Å². The Morgan fingerprint density at radius 3 is 2.52 bits per heavy atom. The van der Waals surface area contributed by atoms with Crippen molar-refractivity contribution in [1.29, 1.82) is 0 Å². The second-order valence-corrected chi connectivity index (χ2v) is 6.46. The van der Waals surface area contributed by atoms with E-state index >= 15 is 0 Å². The Hall–Kier alpha value is -1.01. The Kier molecular flexibility index (Phi) is 4.68. The Labute approximate surface area is 130 Å². The molecular formula is C14H23ClN2O4. The summed E-state index contributed by atoms with van der Waals surface area (Å²) in [5.74, 6) is 0.227. The Morgan fingerprint density at radius 1 is 1.29 bits per heavy atom. The van der Waals surface area contributed by atoms with Crippen molar-refractivity contribution in [3.63, 3.8) is 0 Å². The molecule has 21 heavy (non-hydrogen) atoms. The van der Waals surface area contributed by atoms with Gasteiger partial charge < -0.3 is 19.7 Å². The molecule has 0 bridgehead atoms. The molecule has 3 aliphatic heterocycles. The monoisotopic (exact) mass is 318 g/mol. The highest BCUT2D eigenvalue weighted by atomic mass is 35.5. The Morgan fingerprint density at radius 2 is 2.00 bits per heavy atom. The largest absolute Gasteiger partial charge is 0.509 e. The van der Waals surface area contributed by atoms with E-state index in [0.29, 0.717) is 32.5 Å². The summed E-state index contributed by atoms with van der Waals surface area (Å²) in [5, 5.41) is 3.31. The van der Waals surface area contributed by atoms with Gasteiger partial charge in [0.15, 0.2) is 5.60 Å². The maximum Gasteiger partial charge on any atom is 0.509 e. The van der Waals surface area contributed by atoms with Gasteiger partial charge in [-0.25, -0.2) is 4.79 Å². The summed E-state index contributed by atoms with van der Waals surface area (Å²) in [5.41, 5.74) is -0.773. The fourth-order valence-corrected chi connectivity index (χ4v) is 3.41. The zero-order chi connectivity index (χ0) is 14.2. The van der Waals surface area contributed by atoms with Crippen LogP contribution in [0, 0.1) is 5.41 Å². The van der Waals surface area contributed by atoms with Crippen LogP contribution in [-0.2, 0) is 14.3 Å². The maximum absolute atomic E-state index is 12.7. The lowest BCUT2D eigenvalue weighted by atomic mass is 9.80. The third-order valence-corrected chi connectivity index (χ3v) is 4.83. The summed E-state index contributed by atoms with van der Waals surface area (Å²) in [7, 11) is 0. The number of nitrogens with one attached hydrogen (secondary N) is 1.